The van der Waals surface area contributed by atoms with Gasteiger partial charge in [-0.15, -0.1) is 0 Å². The number of nitrogens with one attached hydrogen (secondary N) is 2. The minimum Gasteiger partial charge on any atom is -0.356 e. The van der Waals surface area contributed by atoms with Crippen molar-refractivity contribution < 1.29 is 9.59 Å². The highest BCUT2D eigenvalue weighted by Crippen LogP contribution is 2.29. The number of fused-ring (bicyclic) bond motifs is 1. The summed E-state index contributed by atoms with van der Waals surface area (Å²) in [4.78, 5) is 48.7. The number of amides is 2. The summed E-state index contributed by atoms with van der Waals surface area (Å²) in [5.74, 6) is -0.332. The van der Waals surface area contributed by atoms with E-state index < -0.39 is 0 Å². The number of anilines is 2. The molecule has 4 rings (SSSR count). The first-order valence-corrected chi connectivity index (χ1v) is 12.1. The third-order valence-corrected chi connectivity index (χ3v) is 6.81. The summed E-state index contributed by atoms with van der Waals surface area (Å²) in [5.41, 5.74) is 1.90. The van der Waals surface area contributed by atoms with E-state index in [-0.39, 0.29) is 29.8 Å². The minimum absolute atomic E-state index is 0.0549. The van der Waals surface area contributed by atoms with Crippen molar-refractivity contribution in [1.82, 2.24) is 19.9 Å². The summed E-state index contributed by atoms with van der Waals surface area (Å²) >= 11 is 1.26. The number of nitrogens with zero attached hydrogens (tertiary/aromatic N) is 4. The average Bonchev–Trinajstić information content (AvgIpc) is 3.26. The van der Waals surface area contributed by atoms with E-state index in [1.165, 1.54) is 22.2 Å². The normalized spacial score (nSPS) is 16.1. The van der Waals surface area contributed by atoms with Crippen LogP contribution in [-0.2, 0) is 22.6 Å². The molecule has 3 aromatic rings. The quantitative estimate of drug-likeness (QED) is 0.551. The molecule has 33 heavy (non-hydrogen) atoms. The van der Waals surface area contributed by atoms with Crippen molar-refractivity contribution in [3.8, 4) is 0 Å². The lowest BCUT2D eigenvalue weighted by Gasteiger charge is -2.31. The molecule has 0 aliphatic carbocycles. The number of hydrogen-bond donors (Lipinski definition) is 2. The van der Waals surface area contributed by atoms with E-state index >= 15 is 0 Å². The summed E-state index contributed by atoms with van der Waals surface area (Å²) in [6.45, 7) is 5.79. The third kappa shape index (κ3) is 5.22. The molecule has 0 bridgehead atoms. The van der Waals surface area contributed by atoms with E-state index in [1.807, 2.05) is 36.1 Å². The summed E-state index contributed by atoms with van der Waals surface area (Å²) < 4.78 is 1.71. The minimum atomic E-state index is -0.294. The summed E-state index contributed by atoms with van der Waals surface area (Å²) in [5, 5.41) is 6.41. The van der Waals surface area contributed by atoms with Crippen LogP contribution in [0, 0.1) is 5.92 Å². The van der Waals surface area contributed by atoms with E-state index in [2.05, 4.69) is 27.5 Å². The van der Waals surface area contributed by atoms with Crippen molar-refractivity contribution in [3.63, 3.8) is 0 Å². The van der Waals surface area contributed by atoms with Crippen molar-refractivity contribution >= 4 is 44.3 Å². The van der Waals surface area contributed by atoms with Crippen molar-refractivity contribution in [2.45, 2.75) is 39.7 Å². The van der Waals surface area contributed by atoms with Gasteiger partial charge in [0.05, 0.1) is 5.92 Å². The molecule has 1 aliphatic heterocycles. The molecule has 3 heterocycles. The van der Waals surface area contributed by atoms with Crippen molar-refractivity contribution in [1.29, 1.82) is 0 Å². The Morgan fingerprint density at radius 3 is 2.91 bits per heavy atom. The van der Waals surface area contributed by atoms with Crippen LogP contribution < -0.4 is 21.1 Å². The van der Waals surface area contributed by atoms with Crippen molar-refractivity contribution in [3.05, 3.63) is 46.5 Å². The number of thiazole rings is 1. The number of rotatable bonds is 7. The highest BCUT2D eigenvalue weighted by Gasteiger charge is 2.27. The third-order valence-electron chi connectivity index (χ3n) is 5.72. The molecule has 10 heteroatoms. The topological polar surface area (TPSA) is 109 Å². The zero-order valence-electron chi connectivity index (χ0n) is 18.8. The van der Waals surface area contributed by atoms with Gasteiger partial charge in [0.2, 0.25) is 11.8 Å². The van der Waals surface area contributed by atoms with Crippen LogP contribution in [0.4, 0.5) is 10.8 Å². The maximum absolute atomic E-state index is 13.0. The predicted octanol–water partition coefficient (Wildman–Crippen LogP) is 2.41. The molecule has 2 N–H and O–H groups in total. The molecule has 2 aromatic heterocycles. The van der Waals surface area contributed by atoms with E-state index in [9.17, 15) is 14.4 Å². The number of aryl methyl sites for hydroxylation is 1. The monoisotopic (exact) mass is 468 g/mol. The molecular weight excluding hydrogens is 440 g/mol. The smallest absolute Gasteiger partial charge is 0.273 e. The molecule has 2 amide bonds. The second-order valence-electron chi connectivity index (χ2n) is 8.11. The van der Waals surface area contributed by atoms with Crippen molar-refractivity contribution in [2.75, 3.05) is 29.9 Å². The lowest BCUT2D eigenvalue weighted by atomic mass is 9.97. The fourth-order valence-corrected chi connectivity index (χ4v) is 4.99. The standard InChI is InChI=1S/C23H28N6O3S/c1-3-15-7-5-9-17(11-15)26-18(30)13-29-14-25-20-19(22(29)32)33-23(27-20)28-10-6-8-16(12-28)21(31)24-4-2/h5,7,9,11,14,16H,3-4,6,8,10,12-13H2,1-2H3,(H,24,31)(H,26,30). The molecule has 1 aromatic carbocycles. The number of carbonyl (C=O) groups excluding carboxylic acids is 2. The van der Waals surface area contributed by atoms with Gasteiger partial charge < -0.3 is 15.5 Å². The largest absolute Gasteiger partial charge is 0.356 e. The van der Waals surface area contributed by atoms with Gasteiger partial charge in [-0.2, -0.15) is 4.98 Å². The van der Waals surface area contributed by atoms with Crippen LogP contribution in [0.1, 0.15) is 32.3 Å². The lowest BCUT2D eigenvalue weighted by molar-refractivity contribution is -0.125. The zero-order chi connectivity index (χ0) is 23.4. The Hall–Kier alpha value is -3.27. The average molecular weight is 469 g/mol. The number of benzene rings is 1. The Bertz CT molecular complexity index is 1220. The van der Waals surface area contributed by atoms with Gasteiger partial charge in [0.1, 0.15) is 17.6 Å². The molecule has 174 valence electrons. The van der Waals surface area contributed by atoms with Crippen LogP contribution in [0.2, 0.25) is 0 Å². The van der Waals surface area contributed by atoms with Gasteiger partial charge in [-0.3, -0.25) is 19.0 Å². The van der Waals surface area contributed by atoms with E-state index in [0.29, 0.717) is 34.3 Å². The summed E-state index contributed by atoms with van der Waals surface area (Å²) in [6, 6.07) is 7.64. The first kappa shape index (κ1) is 22.9. The molecular formula is C23H28N6O3S. The molecule has 1 saturated heterocycles. The molecule has 9 nitrogen and oxygen atoms in total. The van der Waals surface area contributed by atoms with Crippen LogP contribution >= 0.6 is 11.3 Å². The molecule has 1 fully saturated rings. The van der Waals surface area contributed by atoms with Gasteiger partial charge in [0.15, 0.2) is 10.8 Å². The van der Waals surface area contributed by atoms with Crippen LogP contribution in [-0.4, -0.2) is 46.0 Å². The Kier molecular flexibility index (Phi) is 7.02. The number of aromatic nitrogens is 3. The second-order valence-corrected chi connectivity index (χ2v) is 9.09. The van der Waals surface area contributed by atoms with Gasteiger partial charge in [-0.25, -0.2) is 4.98 Å². The van der Waals surface area contributed by atoms with Crippen LogP contribution in [0.25, 0.3) is 10.3 Å². The van der Waals surface area contributed by atoms with Crippen molar-refractivity contribution in [2.24, 2.45) is 5.92 Å². The van der Waals surface area contributed by atoms with E-state index in [0.717, 1.165) is 31.4 Å². The summed E-state index contributed by atoms with van der Waals surface area (Å²) in [6.07, 6.45) is 3.96. The Morgan fingerprint density at radius 1 is 1.27 bits per heavy atom. The maximum Gasteiger partial charge on any atom is 0.273 e. The fraction of sp³-hybridized carbons (Fsp3) is 0.435. The number of piperidine rings is 1. The first-order valence-electron chi connectivity index (χ1n) is 11.3. The van der Waals surface area contributed by atoms with Gasteiger partial charge in [-0.1, -0.05) is 30.4 Å². The SMILES string of the molecule is CCNC(=O)C1CCCN(c2nc3ncn(CC(=O)Nc4cccc(CC)c4)c(=O)c3s2)C1. The molecule has 0 radical (unpaired) electrons. The van der Waals surface area contributed by atoms with Crippen LogP contribution in [0.15, 0.2) is 35.4 Å². The lowest BCUT2D eigenvalue weighted by Crippen LogP contribution is -2.43. The molecule has 1 aliphatic rings. The molecule has 1 unspecified atom stereocenters. The first-order chi connectivity index (χ1) is 16.0. The predicted molar refractivity (Wildman–Crippen MR) is 130 cm³/mol. The van der Waals surface area contributed by atoms with Crippen LogP contribution in [0.5, 0.6) is 0 Å². The number of carbonyl (C=O) groups is 2. The summed E-state index contributed by atoms with van der Waals surface area (Å²) in [7, 11) is 0. The highest BCUT2D eigenvalue weighted by atomic mass is 32.1. The van der Waals surface area contributed by atoms with Gasteiger partial charge in [-0.05, 0) is 43.9 Å². The maximum atomic E-state index is 13.0. The van der Waals surface area contributed by atoms with Gasteiger partial charge in [0, 0.05) is 25.3 Å². The second kappa shape index (κ2) is 10.1. The van der Waals surface area contributed by atoms with Gasteiger partial charge in [0.25, 0.3) is 5.56 Å². The Morgan fingerprint density at radius 2 is 2.12 bits per heavy atom. The van der Waals surface area contributed by atoms with E-state index in [4.69, 9.17) is 0 Å². The molecule has 0 spiro atoms. The molecule has 0 saturated carbocycles. The Balaban J connectivity index is 1.49. The molecule has 1 atom stereocenters. The van der Waals surface area contributed by atoms with E-state index in [1.54, 1.807) is 0 Å². The highest BCUT2D eigenvalue weighted by molar-refractivity contribution is 7.22. The number of hydrogen-bond acceptors (Lipinski definition) is 7. The Labute approximate surface area is 195 Å². The zero-order valence-corrected chi connectivity index (χ0v) is 19.7. The fourth-order valence-electron chi connectivity index (χ4n) is 3.99. The van der Waals surface area contributed by atoms with Crippen LogP contribution in [0.3, 0.4) is 0 Å². The van der Waals surface area contributed by atoms with Gasteiger partial charge >= 0.3 is 0 Å².